The number of para-hydroxylation sites is 1. The van der Waals surface area contributed by atoms with Crippen molar-refractivity contribution in [3.8, 4) is 5.75 Å². The topological polar surface area (TPSA) is 88.6 Å². The molecule has 0 bridgehead atoms. The number of sulfonamides is 1. The first kappa shape index (κ1) is 20.8. The normalized spacial score (nSPS) is 17.7. The number of carbonyl (C=O) groups is 1. The molecule has 1 aromatic heterocycles. The van der Waals surface area contributed by atoms with E-state index in [1.165, 1.54) is 30.5 Å². The molecular weight excluding hydrogens is 422 g/mol. The maximum Gasteiger partial charge on any atom is 0.243 e. The third-order valence-corrected chi connectivity index (χ3v) is 8.22. The van der Waals surface area contributed by atoms with Gasteiger partial charge in [0.1, 0.15) is 5.75 Å². The van der Waals surface area contributed by atoms with Crippen LogP contribution in [0.2, 0.25) is 0 Å². The van der Waals surface area contributed by atoms with Gasteiger partial charge in [0.2, 0.25) is 15.9 Å². The van der Waals surface area contributed by atoms with E-state index in [1.807, 2.05) is 24.3 Å². The van der Waals surface area contributed by atoms with Crippen LogP contribution in [0, 0.1) is 0 Å². The molecule has 4 rings (SSSR count). The van der Waals surface area contributed by atoms with Gasteiger partial charge >= 0.3 is 0 Å². The van der Waals surface area contributed by atoms with Crippen LogP contribution in [0.25, 0.3) is 10.2 Å². The van der Waals surface area contributed by atoms with Crippen molar-refractivity contribution in [2.45, 2.75) is 30.6 Å². The lowest BCUT2D eigenvalue weighted by atomic mass is 10.0. The number of benzene rings is 2. The fourth-order valence-corrected chi connectivity index (χ4v) is 6.35. The smallest absolute Gasteiger partial charge is 0.243 e. The van der Waals surface area contributed by atoms with E-state index >= 15 is 0 Å². The Morgan fingerprint density at radius 3 is 2.80 bits per heavy atom. The van der Waals surface area contributed by atoms with Crippen LogP contribution in [0.3, 0.4) is 0 Å². The largest absolute Gasteiger partial charge is 0.495 e. The maximum atomic E-state index is 13.3. The quantitative estimate of drug-likeness (QED) is 0.645. The Balaban J connectivity index is 1.61. The molecule has 0 saturated carbocycles. The fourth-order valence-electron chi connectivity index (χ4n) is 3.71. The highest BCUT2D eigenvalue weighted by Crippen LogP contribution is 2.36. The molecule has 1 aliphatic heterocycles. The Bertz CT molecular complexity index is 1160. The fraction of sp³-hybridized carbons (Fsp3) is 0.333. The predicted molar refractivity (Wildman–Crippen MR) is 118 cm³/mol. The van der Waals surface area contributed by atoms with Crippen LogP contribution in [0.4, 0.5) is 5.69 Å². The van der Waals surface area contributed by atoms with Crippen molar-refractivity contribution in [3.05, 3.63) is 47.5 Å². The van der Waals surface area contributed by atoms with Crippen molar-refractivity contribution >= 4 is 43.2 Å². The first-order valence-electron chi connectivity index (χ1n) is 9.70. The second kappa shape index (κ2) is 8.33. The number of hydrogen-bond acceptors (Lipinski definition) is 6. The summed E-state index contributed by atoms with van der Waals surface area (Å²) < 4.78 is 34.5. The predicted octanol–water partition coefficient (Wildman–Crippen LogP) is 3.83. The number of fused-ring (bicyclic) bond motifs is 1. The lowest BCUT2D eigenvalue weighted by molar-refractivity contribution is -0.114. The summed E-state index contributed by atoms with van der Waals surface area (Å²) in [6.07, 6.45) is 1.68. The third kappa shape index (κ3) is 4.05. The van der Waals surface area contributed by atoms with E-state index < -0.39 is 10.0 Å². The number of aromatic nitrogens is 1. The Hall–Kier alpha value is -2.49. The SMILES string of the molecule is COc1ccc(S(=O)(=O)N2CCCC(c3nc4ccccc4s3)C2)cc1NC(C)=O. The van der Waals surface area contributed by atoms with E-state index in [0.29, 0.717) is 24.5 Å². The summed E-state index contributed by atoms with van der Waals surface area (Å²) in [5.74, 6) is 0.186. The summed E-state index contributed by atoms with van der Waals surface area (Å²) in [6.45, 7) is 2.22. The third-order valence-electron chi connectivity index (χ3n) is 5.16. The van der Waals surface area contributed by atoms with E-state index in [0.717, 1.165) is 28.1 Å². The number of methoxy groups -OCH3 is 1. The number of nitrogens with zero attached hydrogens (tertiary/aromatic N) is 2. The summed E-state index contributed by atoms with van der Waals surface area (Å²) >= 11 is 1.63. The van der Waals surface area contributed by atoms with Gasteiger partial charge < -0.3 is 10.1 Å². The van der Waals surface area contributed by atoms with Crippen LogP contribution in [0.15, 0.2) is 47.4 Å². The zero-order valence-electron chi connectivity index (χ0n) is 16.8. The van der Waals surface area contributed by atoms with E-state index in [4.69, 9.17) is 9.72 Å². The Labute approximate surface area is 179 Å². The standard InChI is InChI=1S/C21H23N3O4S2/c1-14(25)22-18-12-16(9-10-19(18)28-2)30(26,27)24-11-5-6-15(13-24)21-23-17-7-3-4-8-20(17)29-21/h3-4,7-10,12,15H,5-6,11,13H2,1-2H3,(H,22,25). The zero-order valence-corrected chi connectivity index (χ0v) is 18.4. The van der Waals surface area contributed by atoms with E-state index in [-0.39, 0.29) is 16.7 Å². The Kier molecular flexibility index (Phi) is 5.77. The average molecular weight is 446 g/mol. The van der Waals surface area contributed by atoms with E-state index in [1.54, 1.807) is 17.4 Å². The van der Waals surface area contributed by atoms with Crippen LogP contribution >= 0.6 is 11.3 Å². The van der Waals surface area contributed by atoms with Gasteiger partial charge in [0.15, 0.2) is 0 Å². The molecule has 1 unspecified atom stereocenters. The van der Waals surface area contributed by atoms with Crippen molar-refractivity contribution in [2.75, 3.05) is 25.5 Å². The van der Waals surface area contributed by atoms with Crippen LogP contribution in [0.1, 0.15) is 30.7 Å². The van der Waals surface area contributed by atoms with Gasteiger partial charge in [0, 0.05) is 25.9 Å². The van der Waals surface area contributed by atoms with Crippen molar-refractivity contribution in [3.63, 3.8) is 0 Å². The molecule has 9 heteroatoms. The molecule has 1 saturated heterocycles. The summed E-state index contributed by atoms with van der Waals surface area (Å²) in [5, 5.41) is 3.61. The number of anilines is 1. The maximum absolute atomic E-state index is 13.3. The highest BCUT2D eigenvalue weighted by Gasteiger charge is 2.32. The molecular formula is C21H23N3O4S2. The van der Waals surface area contributed by atoms with Gasteiger partial charge in [-0.15, -0.1) is 11.3 Å². The molecule has 1 aliphatic rings. The molecule has 3 aromatic rings. The van der Waals surface area contributed by atoms with Gasteiger partial charge in [-0.2, -0.15) is 4.31 Å². The molecule has 0 aliphatic carbocycles. The highest BCUT2D eigenvalue weighted by atomic mass is 32.2. The minimum atomic E-state index is -3.71. The number of nitrogens with one attached hydrogen (secondary N) is 1. The summed E-state index contributed by atoms with van der Waals surface area (Å²) in [7, 11) is -2.24. The number of piperidine rings is 1. The van der Waals surface area contributed by atoms with Crippen molar-refractivity contribution < 1.29 is 17.9 Å². The summed E-state index contributed by atoms with van der Waals surface area (Å²) in [6, 6.07) is 12.5. The minimum Gasteiger partial charge on any atom is -0.495 e. The molecule has 30 heavy (non-hydrogen) atoms. The molecule has 1 amide bonds. The average Bonchev–Trinajstić information content (AvgIpc) is 3.18. The second-order valence-electron chi connectivity index (χ2n) is 7.27. The van der Waals surface area contributed by atoms with E-state index in [2.05, 4.69) is 5.32 Å². The number of thiazole rings is 1. The lowest BCUT2D eigenvalue weighted by Crippen LogP contribution is -2.39. The minimum absolute atomic E-state index is 0.0685. The molecule has 1 fully saturated rings. The van der Waals surface area contributed by atoms with Gasteiger partial charge in [-0.1, -0.05) is 12.1 Å². The number of ether oxygens (including phenoxy) is 1. The highest BCUT2D eigenvalue weighted by molar-refractivity contribution is 7.89. The van der Waals surface area contributed by atoms with E-state index in [9.17, 15) is 13.2 Å². The lowest BCUT2D eigenvalue weighted by Gasteiger charge is -2.31. The van der Waals surface area contributed by atoms with Gasteiger partial charge in [0.25, 0.3) is 0 Å². The molecule has 0 radical (unpaired) electrons. The summed E-state index contributed by atoms with van der Waals surface area (Å²) in [4.78, 5) is 16.3. The van der Waals surface area contributed by atoms with Crippen LogP contribution in [0.5, 0.6) is 5.75 Å². The molecule has 0 spiro atoms. The van der Waals surface area contributed by atoms with Crippen LogP contribution in [-0.4, -0.2) is 43.8 Å². The zero-order chi connectivity index (χ0) is 21.3. The van der Waals surface area contributed by atoms with Crippen LogP contribution < -0.4 is 10.1 Å². The molecule has 1 atom stereocenters. The Morgan fingerprint density at radius 2 is 2.07 bits per heavy atom. The first-order valence-corrected chi connectivity index (χ1v) is 12.0. The number of carbonyl (C=O) groups excluding carboxylic acids is 1. The first-order chi connectivity index (χ1) is 14.4. The number of hydrogen-bond donors (Lipinski definition) is 1. The van der Waals surface area contributed by atoms with Crippen molar-refractivity contribution in [1.29, 1.82) is 0 Å². The van der Waals surface area contributed by atoms with Crippen molar-refractivity contribution in [1.82, 2.24) is 9.29 Å². The second-order valence-corrected chi connectivity index (χ2v) is 10.3. The molecule has 2 aromatic carbocycles. The van der Waals surface area contributed by atoms with Gasteiger partial charge in [-0.3, -0.25) is 4.79 Å². The van der Waals surface area contributed by atoms with Gasteiger partial charge in [0.05, 0.1) is 32.9 Å². The number of rotatable bonds is 5. The molecule has 158 valence electrons. The van der Waals surface area contributed by atoms with Crippen LogP contribution in [-0.2, 0) is 14.8 Å². The van der Waals surface area contributed by atoms with Gasteiger partial charge in [-0.25, -0.2) is 13.4 Å². The molecule has 7 nitrogen and oxygen atoms in total. The Morgan fingerprint density at radius 1 is 1.27 bits per heavy atom. The molecule has 2 heterocycles. The van der Waals surface area contributed by atoms with Gasteiger partial charge in [-0.05, 0) is 43.2 Å². The van der Waals surface area contributed by atoms with Crippen molar-refractivity contribution in [2.24, 2.45) is 0 Å². The monoisotopic (exact) mass is 445 g/mol. The summed E-state index contributed by atoms with van der Waals surface area (Å²) in [5.41, 5.74) is 1.29. The number of amides is 1. The molecule has 1 N–H and O–H groups in total.